The lowest BCUT2D eigenvalue weighted by atomic mass is 9.94. The van der Waals surface area contributed by atoms with Crippen LogP contribution in [0.1, 0.15) is 54.8 Å². The maximum atomic E-state index is 11.4. The van der Waals surface area contributed by atoms with E-state index < -0.39 is 0 Å². The summed E-state index contributed by atoms with van der Waals surface area (Å²) in [6, 6.07) is 2.26. The Hall–Kier alpha value is -1.33. The molecule has 3 nitrogen and oxygen atoms in total. The van der Waals surface area contributed by atoms with Gasteiger partial charge in [0.2, 0.25) is 0 Å². The lowest BCUT2D eigenvalue weighted by molar-refractivity contribution is -0.132. The molecule has 116 valence electrons. The number of hydrogen-bond donors (Lipinski definition) is 0. The summed E-state index contributed by atoms with van der Waals surface area (Å²) in [5.41, 5.74) is 5.26. The summed E-state index contributed by atoms with van der Waals surface area (Å²) in [4.78, 5) is 16.3. The van der Waals surface area contributed by atoms with Crippen molar-refractivity contribution in [1.82, 2.24) is 4.98 Å². The number of fused-ring (bicyclic) bond motifs is 1. The third kappa shape index (κ3) is 2.46. The Bertz CT molecular complexity index is 764. The third-order valence-corrected chi connectivity index (χ3v) is 5.75. The van der Waals surface area contributed by atoms with Gasteiger partial charge in [-0.1, -0.05) is 20.8 Å². The van der Waals surface area contributed by atoms with Gasteiger partial charge in [0.05, 0.1) is 22.6 Å². The number of benzene rings is 1. The highest BCUT2D eigenvalue weighted by Gasteiger charge is 2.34. The monoisotopic (exact) mass is 333 g/mol. The van der Waals surface area contributed by atoms with E-state index in [0.29, 0.717) is 11.5 Å². The molecule has 1 fully saturated rings. The zero-order valence-electron chi connectivity index (χ0n) is 13.1. The number of thiocarbonyl (C=S) groups is 1. The lowest BCUT2D eigenvalue weighted by Crippen LogP contribution is -2.03. The van der Waals surface area contributed by atoms with E-state index in [2.05, 4.69) is 26.8 Å². The van der Waals surface area contributed by atoms with Gasteiger partial charge in [0.1, 0.15) is 5.01 Å². The highest BCUT2D eigenvalue weighted by molar-refractivity contribution is 7.80. The van der Waals surface area contributed by atoms with Crippen LogP contribution in [0.2, 0.25) is 0 Å². The average Bonchev–Trinajstić information content (AvgIpc) is 3.07. The van der Waals surface area contributed by atoms with Gasteiger partial charge < -0.3 is 4.74 Å². The molecule has 0 spiro atoms. The molecule has 0 aliphatic carbocycles. The highest BCUT2D eigenvalue weighted by atomic mass is 32.1. The Morgan fingerprint density at radius 3 is 2.55 bits per heavy atom. The number of cyclic esters (lactones) is 1. The molecule has 0 bridgehead atoms. The van der Waals surface area contributed by atoms with Gasteiger partial charge in [0.15, 0.2) is 5.05 Å². The normalized spacial score (nSPS) is 18.2. The zero-order valence-corrected chi connectivity index (χ0v) is 14.7. The minimum Gasteiger partial charge on any atom is -0.418 e. The van der Waals surface area contributed by atoms with Crippen LogP contribution in [0.25, 0.3) is 10.2 Å². The summed E-state index contributed by atoms with van der Waals surface area (Å²) < 4.78 is 6.23. The number of ether oxygens (including phenoxy) is 1. The van der Waals surface area contributed by atoms with E-state index in [1.54, 1.807) is 11.3 Å². The van der Waals surface area contributed by atoms with Crippen molar-refractivity contribution >= 4 is 44.8 Å². The molecule has 1 aliphatic heterocycles. The molecule has 1 saturated heterocycles. The first-order valence-corrected chi connectivity index (χ1v) is 9.00. The van der Waals surface area contributed by atoms with Gasteiger partial charge in [-0.25, -0.2) is 4.98 Å². The van der Waals surface area contributed by atoms with E-state index >= 15 is 0 Å². The second-order valence-electron chi connectivity index (χ2n) is 5.50. The van der Waals surface area contributed by atoms with Gasteiger partial charge in [-0.3, -0.25) is 4.79 Å². The molecule has 0 N–H and O–H groups in total. The fourth-order valence-corrected chi connectivity index (χ4v) is 4.72. The first-order chi connectivity index (χ1) is 10.6. The van der Waals surface area contributed by atoms with Crippen LogP contribution in [-0.2, 0) is 28.8 Å². The molecule has 2 heterocycles. The van der Waals surface area contributed by atoms with Crippen LogP contribution < -0.4 is 0 Å². The number of esters is 1. The predicted octanol–water partition coefficient (Wildman–Crippen LogP) is 4.34. The van der Waals surface area contributed by atoms with E-state index in [-0.39, 0.29) is 11.9 Å². The maximum absolute atomic E-state index is 11.4. The standard InChI is InChI=1S/C17H19NO2S2/c1-4-9-7-13-15(11(6-3)10(9)5-2)18-16(22-13)12-8-14(19)20-17(12)21/h7,12H,4-6,8H2,1-3H3. The number of rotatable bonds is 4. The quantitative estimate of drug-likeness (QED) is 0.616. The second-order valence-corrected chi connectivity index (χ2v) is 6.97. The summed E-state index contributed by atoms with van der Waals surface area (Å²) in [5.74, 6) is -0.395. The molecule has 5 heteroatoms. The van der Waals surface area contributed by atoms with Gasteiger partial charge in [0.25, 0.3) is 0 Å². The van der Waals surface area contributed by atoms with Crippen molar-refractivity contribution in [1.29, 1.82) is 0 Å². The van der Waals surface area contributed by atoms with Crippen molar-refractivity contribution in [3.8, 4) is 0 Å². The molecular formula is C17H19NO2S2. The van der Waals surface area contributed by atoms with Crippen molar-refractivity contribution in [3.63, 3.8) is 0 Å². The van der Waals surface area contributed by atoms with Gasteiger partial charge in [-0.15, -0.1) is 11.3 Å². The smallest absolute Gasteiger partial charge is 0.312 e. The van der Waals surface area contributed by atoms with E-state index in [4.69, 9.17) is 21.9 Å². The molecule has 0 radical (unpaired) electrons. The van der Waals surface area contributed by atoms with Gasteiger partial charge in [-0.05, 0) is 54.2 Å². The van der Waals surface area contributed by atoms with Gasteiger partial charge >= 0.3 is 5.97 Å². The molecule has 3 rings (SSSR count). The van der Waals surface area contributed by atoms with E-state index in [9.17, 15) is 4.79 Å². The Labute approximate surface area is 139 Å². The van der Waals surface area contributed by atoms with E-state index in [1.807, 2.05) is 0 Å². The fourth-order valence-electron chi connectivity index (χ4n) is 3.19. The van der Waals surface area contributed by atoms with Crippen LogP contribution in [0.5, 0.6) is 0 Å². The number of thiazole rings is 1. The van der Waals surface area contributed by atoms with Crippen molar-refractivity contribution in [2.24, 2.45) is 0 Å². The summed E-state index contributed by atoms with van der Waals surface area (Å²) in [7, 11) is 0. The molecule has 1 aromatic carbocycles. The molecule has 2 aromatic rings. The minimum absolute atomic E-state index is 0.153. The molecule has 0 amide bonds. The fraction of sp³-hybridized carbons (Fsp3) is 0.471. The van der Waals surface area contributed by atoms with Crippen LogP contribution in [-0.4, -0.2) is 16.0 Å². The summed E-state index contributed by atoms with van der Waals surface area (Å²) in [6.07, 6.45) is 3.35. The first-order valence-electron chi connectivity index (χ1n) is 7.77. The minimum atomic E-state index is -0.242. The number of aromatic nitrogens is 1. The Kier molecular flexibility index (Phi) is 4.28. The number of hydrogen-bond acceptors (Lipinski definition) is 5. The second kappa shape index (κ2) is 6.05. The topological polar surface area (TPSA) is 39.2 Å². The Morgan fingerprint density at radius 2 is 2.00 bits per heavy atom. The van der Waals surface area contributed by atoms with Gasteiger partial charge in [-0.2, -0.15) is 0 Å². The average molecular weight is 333 g/mol. The van der Waals surface area contributed by atoms with Crippen LogP contribution in [0.15, 0.2) is 6.07 Å². The van der Waals surface area contributed by atoms with Crippen molar-refractivity contribution in [2.45, 2.75) is 52.4 Å². The van der Waals surface area contributed by atoms with Crippen molar-refractivity contribution < 1.29 is 9.53 Å². The third-order valence-electron chi connectivity index (χ3n) is 4.27. The number of aryl methyl sites for hydroxylation is 2. The SMILES string of the molecule is CCc1cc2sc(C3CC(=O)OC3=S)nc2c(CC)c1CC. The number of nitrogens with zero attached hydrogens (tertiary/aromatic N) is 1. The van der Waals surface area contributed by atoms with Gasteiger partial charge in [0, 0.05) is 0 Å². The highest BCUT2D eigenvalue weighted by Crippen LogP contribution is 2.37. The number of carbonyl (C=O) groups excluding carboxylic acids is 1. The molecule has 1 aliphatic rings. The molecule has 1 aromatic heterocycles. The van der Waals surface area contributed by atoms with Crippen molar-refractivity contribution in [2.75, 3.05) is 0 Å². The summed E-state index contributed by atoms with van der Waals surface area (Å²) >= 11 is 6.83. The molecule has 1 unspecified atom stereocenters. The van der Waals surface area contributed by atoms with Crippen molar-refractivity contribution in [3.05, 3.63) is 27.8 Å². The lowest BCUT2D eigenvalue weighted by Gasteiger charge is -2.12. The number of carbonyl (C=O) groups is 1. The Morgan fingerprint density at radius 1 is 1.27 bits per heavy atom. The predicted molar refractivity (Wildman–Crippen MR) is 93.8 cm³/mol. The van der Waals surface area contributed by atoms with Crippen LogP contribution in [0.3, 0.4) is 0 Å². The summed E-state index contributed by atoms with van der Waals surface area (Å²) in [5, 5.41) is 1.28. The van der Waals surface area contributed by atoms with Crippen LogP contribution >= 0.6 is 23.6 Å². The molecule has 22 heavy (non-hydrogen) atoms. The molecule has 1 atom stereocenters. The van der Waals surface area contributed by atoms with E-state index in [0.717, 1.165) is 29.8 Å². The van der Waals surface area contributed by atoms with E-state index in [1.165, 1.54) is 21.4 Å². The largest absolute Gasteiger partial charge is 0.418 e. The summed E-state index contributed by atoms with van der Waals surface area (Å²) in [6.45, 7) is 6.57. The van der Waals surface area contributed by atoms with Crippen LogP contribution in [0, 0.1) is 0 Å². The van der Waals surface area contributed by atoms with Crippen LogP contribution in [0.4, 0.5) is 0 Å². The molecular weight excluding hydrogens is 314 g/mol. The first kappa shape index (κ1) is 15.6. The Balaban J connectivity index is 2.17. The maximum Gasteiger partial charge on any atom is 0.312 e. The molecule has 0 saturated carbocycles. The zero-order chi connectivity index (χ0) is 15.9.